The van der Waals surface area contributed by atoms with Crippen LogP contribution >= 0.6 is 22.9 Å². The molecule has 0 aliphatic heterocycles. The van der Waals surface area contributed by atoms with E-state index < -0.39 is 0 Å². The number of aromatic nitrogens is 1. The summed E-state index contributed by atoms with van der Waals surface area (Å²) in [6, 6.07) is 0. The molecular formula is C7H6ClNO2S. The number of ether oxygens (including phenoxy) is 1. The van der Waals surface area contributed by atoms with Crippen molar-refractivity contribution in [3.8, 4) is 0 Å². The predicted molar refractivity (Wildman–Crippen MR) is 48.2 cm³/mol. The highest BCUT2D eigenvalue weighted by Gasteiger charge is 1.96. The van der Waals surface area contributed by atoms with E-state index in [-0.39, 0.29) is 5.97 Å². The summed E-state index contributed by atoms with van der Waals surface area (Å²) in [5.74, 6) is -0.389. The van der Waals surface area contributed by atoms with Gasteiger partial charge in [0.25, 0.3) is 0 Å². The predicted octanol–water partition coefficient (Wildman–Crippen LogP) is 1.98. The standard InChI is InChI=1S/C7H6ClNO2S/c1-11-6(10)3-2-5-4-9-7(8)12-5/h2-4H,1H3/b3-2+. The second kappa shape index (κ2) is 4.23. The number of hydrogen-bond donors (Lipinski definition) is 0. The van der Waals surface area contributed by atoms with Crippen molar-refractivity contribution in [1.29, 1.82) is 0 Å². The second-order valence-electron chi connectivity index (χ2n) is 1.87. The fourth-order valence-electron chi connectivity index (χ4n) is 0.560. The van der Waals surface area contributed by atoms with E-state index in [1.54, 1.807) is 12.3 Å². The lowest BCUT2D eigenvalue weighted by Crippen LogP contribution is -1.92. The van der Waals surface area contributed by atoms with E-state index in [0.29, 0.717) is 4.47 Å². The summed E-state index contributed by atoms with van der Waals surface area (Å²) < 4.78 is 4.86. The van der Waals surface area contributed by atoms with Gasteiger partial charge in [-0.2, -0.15) is 0 Å². The Morgan fingerprint density at radius 1 is 1.83 bits per heavy atom. The molecule has 0 atom stereocenters. The van der Waals surface area contributed by atoms with E-state index in [9.17, 15) is 4.79 Å². The molecule has 5 heteroatoms. The van der Waals surface area contributed by atoms with Gasteiger partial charge in [0.15, 0.2) is 4.47 Å². The minimum absolute atomic E-state index is 0.389. The van der Waals surface area contributed by atoms with Crippen molar-refractivity contribution in [2.75, 3.05) is 7.11 Å². The lowest BCUT2D eigenvalue weighted by molar-refractivity contribution is -0.134. The minimum Gasteiger partial charge on any atom is -0.466 e. The Hall–Kier alpha value is -0.870. The summed E-state index contributed by atoms with van der Waals surface area (Å²) >= 11 is 6.87. The molecule has 0 saturated heterocycles. The van der Waals surface area contributed by atoms with Crippen molar-refractivity contribution >= 4 is 35.0 Å². The van der Waals surface area contributed by atoms with E-state index in [0.717, 1.165) is 4.88 Å². The zero-order chi connectivity index (χ0) is 8.97. The monoisotopic (exact) mass is 203 g/mol. The Bertz CT molecular complexity index is 308. The number of nitrogens with zero attached hydrogens (tertiary/aromatic N) is 1. The van der Waals surface area contributed by atoms with Crippen LogP contribution in [0.25, 0.3) is 6.08 Å². The number of halogens is 1. The number of rotatable bonds is 2. The maximum absolute atomic E-state index is 10.6. The molecule has 0 aliphatic rings. The van der Waals surface area contributed by atoms with Crippen molar-refractivity contribution in [2.24, 2.45) is 0 Å². The third-order valence-corrected chi connectivity index (χ3v) is 2.16. The minimum atomic E-state index is -0.389. The molecule has 0 aromatic carbocycles. The molecule has 0 fully saturated rings. The average Bonchev–Trinajstić information content (AvgIpc) is 2.47. The average molecular weight is 204 g/mol. The Morgan fingerprint density at radius 2 is 2.58 bits per heavy atom. The van der Waals surface area contributed by atoms with Crippen molar-refractivity contribution in [2.45, 2.75) is 0 Å². The fraction of sp³-hybridized carbons (Fsp3) is 0.143. The van der Waals surface area contributed by atoms with Crippen molar-refractivity contribution < 1.29 is 9.53 Å². The molecule has 1 rings (SSSR count). The van der Waals surface area contributed by atoms with Gasteiger partial charge in [0, 0.05) is 17.2 Å². The number of thiazole rings is 1. The van der Waals surface area contributed by atoms with Gasteiger partial charge in [0.2, 0.25) is 0 Å². The van der Waals surface area contributed by atoms with Gasteiger partial charge in [-0.3, -0.25) is 0 Å². The highest BCUT2D eigenvalue weighted by atomic mass is 35.5. The lowest BCUT2D eigenvalue weighted by Gasteiger charge is -1.86. The first-order valence-corrected chi connectivity index (χ1v) is 4.29. The van der Waals surface area contributed by atoms with Gasteiger partial charge in [0.05, 0.1) is 7.11 Å². The summed E-state index contributed by atoms with van der Waals surface area (Å²) in [4.78, 5) is 15.3. The third kappa shape index (κ3) is 2.64. The first-order valence-electron chi connectivity index (χ1n) is 3.09. The van der Waals surface area contributed by atoms with Gasteiger partial charge in [-0.05, 0) is 6.08 Å². The number of carbonyl (C=O) groups is 1. The first kappa shape index (κ1) is 9.22. The van der Waals surface area contributed by atoms with E-state index in [1.165, 1.54) is 24.5 Å². The van der Waals surface area contributed by atoms with Gasteiger partial charge in [-0.25, -0.2) is 9.78 Å². The van der Waals surface area contributed by atoms with Crippen LogP contribution in [0, 0.1) is 0 Å². The lowest BCUT2D eigenvalue weighted by atomic mass is 10.4. The SMILES string of the molecule is COC(=O)/C=C/c1cnc(Cl)s1. The zero-order valence-corrected chi connectivity index (χ0v) is 7.85. The first-order chi connectivity index (χ1) is 5.72. The second-order valence-corrected chi connectivity index (χ2v) is 3.52. The number of hydrogen-bond acceptors (Lipinski definition) is 4. The summed E-state index contributed by atoms with van der Waals surface area (Å²) in [6.45, 7) is 0. The smallest absolute Gasteiger partial charge is 0.330 e. The molecule has 0 amide bonds. The van der Waals surface area contributed by atoms with Crippen LogP contribution < -0.4 is 0 Å². The highest BCUT2D eigenvalue weighted by Crippen LogP contribution is 2.18. The van der Waals surface area contributed by atoms with Gasteiger partial charge >= 0.3 is 5.97 Å². The summed E-state index contributed by atoms with van der Waals surface area (Å²) in [5.41, 5.74) is 0. The van der Waals surface area contributed by atoms with E-state index in [2.05, 4.69) is 9.72 Å². The molecule has 0 saturated carbocycles. The van der Waals surface area contributed by atoms with Crippen LogP contribution in [-0.4, -0.2) is 18.1 Å². The zero-order valence-electron chi connectivity index (χ0n) is 6.28. The Morgan fingerprint density at radius 3 is 3.08 bits per heavy atom. The Balaban J connectivity index is 2.63. The quantitative estimate of drug-likeness (QED) is 0.545. The van der Waals surface area contributed by atoms with Crippen LogP contribution in [0.3, 0.4) is 0 Å². The number of methoxy groups -OCH3 is 1. The molecule has 1 aromatic rings. The molecule has 12 heavy (non-hydrogen) atoms. The molecule has 1 heterocycles. The Kier molecular flexibility index (Phi) is 3.25. The topological polar surface area (TPSA) is 39.2 Å². The van der Waals surface area contributed by atoms with Gasteiger partial charge < -0.3 is 4.74 Å². The van der Waals surface area contributed by atoms with Crippen LogP contribution in [0.4, 0.5) is 0 Å². The molecule has 0 aliphatic carbocycles. The molecule has 0 N–H and O–H groups in total. The maximum Gasteiger partial charge on any atom is 0.330 e. The van der Waals surface area contributed by atoms with Gasteiger partial charge in [-0.1, -0.05) is 11.6 Å². The molecule has 1 aromatic heterocycles. The largest absolute Gasteiger partial charge is 0.466 e. The number of carbonyl (C=O) groups excluding carboxylic acids is 1. The third-order valence-electron chi connectivity index (χ3n) is 1.08. The van der Waals surface area contributed by atoms with Crippen LogP contribution in [0.15, 0.2) is 12.3 Å². The summed E-state index contributed by atoms with van der Waals surface area (Å²) in [6.07, 6.45) is 4.52. The van der Waals surface area contributed by atoms with Crippen LogP contribution in [0.1, 0.15) is 4.88 Å². The van der Waals surface area contributed by atoms with E-state index in [1.807, 2.05) is 0 Å². The molecule has 0 bridgehead atoms. The molecule has 0 unspecified atom stereocenters. The number of esters is 1. The van der Waals surface area contributed by atoms with Crippen LogP contribution in [0.2, 0.25) is 4.47 Å². The van der Waals surface area contributed by atoms with Gasteiger partial charge in [0.1, 0.15) is 0 Å². The highest BCUT2D eigenvalue weighted by molar-refractivity contribution is 7.16. The molecule has 0 spiro atoms. The van der Waals surface area contributed by atoms with Crippen molar-refractivity contribution in [3.63, 3.8) is 0 Å². The maximum atomic E-state index is 10.6. The molecule has 3 nitrogen and oxygen atoms in total. The molecule has 0 radical (unpaired) electrons. The van der Waals surface area contributed by atoms with Crippen molar-refractivity contribution in [1.82, 2.24) is 4.98 Å². The van der Waals surface area contributed by atoms with Crippen molar-refractivity contribution in [3.05, 3.63) is 21.6 Å². The fourth-order valence-corrected chi connectivity index (χ4v) is 1.42. The summed E-state index contributed by atoms with van der Waals surface area (Å²) in [5, 5.41) is 0. The van der Waals surface area contributed by atoms with E-state index in [4.69, 9.17) is 11.6 Å². The summed E-state index contributed by atoms with van der Waals surface area (Å²) in [7, 11) is 1.33. The van der Waals surface area contributed by atoms with Crippen LogP contribution in [-0.2, 0) is 9.53 Å². The molecular weight excluding hydrogens is 198 g/mol. The van der Waals surface area contributed by atoms with Gasteiger partial charge in [-0.15, -0.1) is 11.3 Å². The van der Waals surface area contributed by atoms with Crippen LogP contribution in [0.5, 0.6) is 0 Å². The molecule has 64 valence electrons. The van der Waals surface area contributed by atoms with E-state index >= 15 is 0 Å². The Labute approximate surface area is 78.6 Å². The normalized spacial score (nSPS) is 10.5.